The molecule has 0 radical (unpaired) electrons. The van der Waals surface area contributed by atoms with Crippen molar-refractivity contribution in [3.8, 4) is 6.07 Å². The number of ether oxygens (including phenoxy) is 1. The number of carbonyl (C=O) groups excluding carboxylic acids is 1. The molecule has 10 heteroatoms. The van der Waals surface area contributed by atoms with Gasteiger partial charge in [-0.25, -0.2) is 9.78 Å². The lowest BCUT2D eigenvalue weighted by Crippen LogP contribution is -2.50. The van der Waals surface area contributed by atoms with E-state index in [0.29, 0.717) is 43.7 Å². The van der Waals surface area contributed by atoms with Crippen molar-refractivity contribution in [1.82, 2.24) is 14.9 Å². The van der Waals surface area contributed by atoms with E-state index in [1.54, 1.807) is 16.2 Å². The molecular formula is C25H29N7O2S. The molecule has 2 aliphatic rings. The molecule has 9 nitrogen and oxygen atoms in total. The molecule has 0 atom stereocenters. The Labute approximate surface area is 208 Å². The molecule has 3 heterocycles. The van der Waals surface area contributed by atoms with Crippen molar-refractivity contribution < 1.29 is 9.53 Å². The number of aromatic nitrogens is 2. The predicted octanol–water partition coefficient (Wildman–Crippen LogP) is 4.94. The standard InChI is InChI=1S/C25H29N7O2S/c1-25(2,3)34-24(33)32-11-9-31(10-12-32)20-7-6-18(14-16(20)15-26)28-23-29-19-8-13-35-21(19)22(30-23)27-17-4-5-17/h6-8,13-14,17H,4-5,9-12H2,1-3H3,(H2,27,28,29,30). The predicted molar refractivity (Wildman–Crippen MR) is 139 cm³/mol. The molecule has 182 valence electrons. The second kappa shape index (κ2) is 9.23. The van der Waals surface area contributed by atoms with E-state index in [0.717, 1.165) is 27.4 Å². The molecular weight excluding hydrogens is 462 g/mol. The first-order valence-corrected chi connectivity index (χ1v) is 12.7. The zero-order valence-electron chi connectivity index (χ0n) is 20.2. The normalized spacial score (nSPS) is 16.2. The SMILES string of the molecule is CC(C)(C)OC(=O)N1CCN(c2ccc(Nc3nc(NC4CC4)c4sccc4n3)cc2C#N)CC1. The van der Waals surface area contributed by atoms with Crippen molar-refractivity contribution in [3.63, 3.8) is 0 Å². The Morgan fingerprint density at radius 3 is 2.63 bits per heavy atom. The molecule has 1 amide bonds. The lowest BCUT2D eigenvalue weighted by atomic mass is 10.1. The molecule has 1 saturated carbocycles. The van der Waals surface area contributed by atoms with Gasteiger partial charge in [-0.2, -0.15) is 10.2 Å². The van der Waals surface area contributed by atoms with Crippen molar-refractivity contribution >= 4 is 50.8 Å². The van der Waals surface area contributed by atoms with Crippen LogP contribution in [0.15, 0.2) is 29.6 Å². The fourth-order valence-electron chi connectivity index (χ4n) is 4.00. The molecule has 2 aromatic heterocycles. The number of rotatable bonds is 5. The van der Waals surface area contributed by atoms with Crippen molar-refractivity contribution in [2.45, 2.75) is 45.3 Å². The summed E-state index contributed by atoms with van der Waals surface area (Å²) in [5, 5.41) is 18.6. The maximum Gasteiger partial charge on any atom is 0.410 e. The van der Waals surface area contributed by atoms with Gasteiger partial charge in [0.1, 0.15) is 17.5 Å². The molecule has 2 N–H and O–H groups in total. The highest BCUT2D eigenvalue weighted by Crippen LogP contribution is 2.33. The van der Waals surface area contributed by atoms with Gasteiger partial charge in [0.15, 0.2) is 0 Å². The van der Waals surface area contributed by atoms with E-state index in [-0.39, 0.29) is 6.09 Å². The van der Waals surface area contributed by atoms with Crippen molar-refractivity contribution in [2.24, 2.45) is 0 Å². The first kappa shape index (κ1) is 23.2. The van der Waals surface area contributed by atoms with Crippen LogP contribution in [0.1, 0.15) is 39.2 Å². The Hall–Kier alpha value is -3.58. The van der Waals surface area contributed by atoms with Crippen molar-refractivity contribution in [3.05, 3.63) is 35.2 Å². The second-order valence-electron chi connectivity index (χ2n) is 9.87. The monoisotopic (exact) mass is 491 g/mol. The molecule has 3 aromatic rings. The number of hydrogen-bond acceptors (Lipinski definition) is 9. The third-order valence-corrected chi connectivity index (χ3v) is 6.78. The van der Waals surface area contributed by atoms with Gasteiger partial charge in [-0.1, -0.05) is 0 Å². The third kappa shape index (κ3) is 5.41. The fraction of sp³-hybridized carbons (Fsp3) is 0.440. The Morgan fingerprint density at radius 2 is 1.94 bits per heavy atom. The molecule has 0 spiro atoms. The summed E-state index contributed by atoms with van der Waals surface area (Å²) in [5.41, 5.74) is 2.55. The van der Waals surface area contributed by atoms with E-state index < -0.39 is 5.60 Å². The number of amides is 1. The van der Waals surface area contributed by atoms with Crippen LogP contribution >= 0.6 is 11.3 Å². The van der Waals surface area contributed by atoms with Crippen LogP contribution in [0, 0.1) is 11.3 Å². The minimum absolute atomic E-state index is 0.296. The summed E-state index contributed by atoms with van der Waals surface area (Å²) >= 11 is 1.63. The average Bonchev–Trinajstić information content (AvgIpc) is 3.51. The lowest BCUT2D eigenvalue weighted by Gasteiger charge is -2.37. The number of nitrogens with zero attached hydrogens (tertiary/aromatic N) is 5. The van der Waals surface area contributed by atoms with Crippen molar-refractivity contribution in [2.75, 3.05) is 41.7 Å². The Bertz CT molecular complexity index is 1280. The summed E-state index contributed by atoms with van der Waals surface area (Å²) in [4.78, 5) is 25.6. The van der Waals surface area contributed by atoms with Crippen LogP contribution in [-0.4, -0.2) is 58.8 Å². The molecule has 0 unspecified atom stereocenters. The van der Waals surface area contributed by atoms with E-state index in [2.05, 4.69) is 26.6 Å². The second-order valence-corrected chi connectivity index (χ2v) is 10.8. The van der Waals surface area contributed by atoms with E-state index in [4.69, 9.17) is 9.72 Å². The van der Waals surface area contributed by atoms with Gasteiger partial charge in [0.25, 0.3) is 0 Å². The fourth-order valence-corrected chi connectivity index (χ4v) is 4.79. The lowest BCUT2D eigenvalue weighted by molar-refractivity contribution is 0.0240. The summed E-state index contributed by atoms with van der Waals surface area (Å²) in [7, 11) is 0. The molecule has 0 bridgehead atoms. The van der Waals surface area contributed by atoms with Crippen LogP contribution in [0.2, 0.25) is 0 Å². The highest BCUT2D eigenvalue weighted by molar-refractivity contribution is 7.17. The van der Waals surface area contributed by atoms with Gasteiger partial charge in [-0.15, -0.1) is 11.3 Å². The maximum absolute atomic E-state index is 12.4. The molecule has 1 aromatic carbocycles. The minimum Gasteiger partial charge on any atom is -0.444 e. The van der Waals surface area contributed by atoms with Gasteiger partial charge in [0.2, 0.25) is 5.95 Å². The third-order valence-electron chi connectivity index (χ3n) is 5.87. The summed E-state index contributed by atoms with van der Waals surface area (Å²) in [6.07, 6.45) is 2.03. The first-order valence-electron chi connectivity index (χ1n) is 11.8. The van der Waals surface area contributed by atoms with E-state index >= 15 is 0 Å². The van der Waals surface area contributed by atoms with Crippen LogP contribution < -0.4 is 15.5 Å². The number of hydrogen-bond donors (Lipinski definition) is 2. The van der Waals surface area contributed by atoms with Crippen LogP contribution in [0.3, 0.4) is 0 Å². The number of piperazine rings is 1. The van der Waals surface area contributed by atoms with Crippen molar-refractivity contribution in [1.29, 1.82) is 5.26 Å². The number of nitriles is 1. The Kier molecular flexibility index (Phi) is 6.11. The topological polar surface area (TPSA) is 106 Å². The molecule has 1 saturated heterocycles. The van der Waals surface area contributed by atoms with Gasteiger partial charge < -0.3 is 25.2 Å². The van der Waals surface area contributed by atoms with E-state index in [9.17, 15) is 10.1 Å². The molecule has 1 aliphatic heterocycles. The van der Waals surface area contributed by atoms with Crippen LogP contribution in [0.4, 0.5) is 27.9 Å². The summed E-state index contributed by atoms with van der Waals surface area (Å²) in [6.45, 7) is 7.96. The van der Waals surface area contributed by atoms with Gasteiger partial charge in [-0.3, -0.25) is 0 Å². The number of carbonyl (C=O) groups is 1. The zero-order chi connectivity index (χ0) is 24.6. The summed E-state index contributed by atoms with van der Waals surface area (Å²) < 4.78 is 6.54. The summed E-state index contributed by atoms with van der Waals surface area (Å²) in [6, 6.07) is 10.5. The highest BCUT2D eigenvalue weighted by atomic mass is 32.1. The molecule has 5 rings (SSSR count). The Morgan fingerprint density at radius 1 is 1.17 bits per heavy atom. The largest absolute Gasteiger partial charge is 0.444 e. The van der Waals surface area contributed by atoms with Crippen LogP contribution in [0.25, 0.3) is 10.2 Å². The number of fused-ring (bicyclic) bond motifs is 1. The quantitative estimate of drug-likeness (QED) is 0.517. The minimum atomic E-state index is -0.516. The van der Waals surface area contributed by atoms with E-state index in [1.807, 2.05) is 50.4 Å². The maximum atomic E-state index is 12.4. The van der Waals surface area contributed by atoms with Crippen LogP contribution in [-0.2, 0) is 4.74 Å². The van der Waals surface area contributed by atoms with Crippen LogP contribution in [0.5, 0.6) is 0 Å². The zero-order valence-corrected chi connectivity index (χ0v) is 21.0. The van der Waals surface area contributed by atoms with Gasteiger partial charge in [-0.05, 0) is 63.3 Å². The Balaban J connectivity index is 1.29. The average molecular weight is 492 g/mol. The van der Waals surface area contributed by atoms with E-state index in [1.165, 1.54) is 12.8 Å². The molecule has 2 fully saturated rings. The highest BCUT2D eigenvalue weighted by Gasteiger charge is 2.27. The number of thiophene rings is 1. The van der Waals surface area contributed by atoms with Gasteiger partial charge >= 0.3 is 6.09 Å². The number of anilines is 4. The molecule has 1 aliphatic carbocycles. The number of benzene rings is 1. The van der Waals surface area contributed by atoms with Gasteiger partial charge in [0, 0.05) is 37.9 Å². The first-order chi connectivity index (χ1) is 16.8. The van der Waals surface area contributed by atoms with Gasteiger partial charge in [0.05, 0.1) is 21.5 Å². The summed E-state index contributed by atoms with van der Waals surface area (Å²) in [5.74, 6) is 1.36. The number of nitrogens with one attached hydrogen (secondary N) is 2. The smallest absolute Gasteiger partial charge is 0.410 e. The molecule has 35 heavy (non-hydrogen) atoms.